The number of hydrogen-bond donors (Lipinski definition) is 0. The van der Waals surface area contributed by atoms with Gasteiger partial charge in [-0.1, -0.05) is 0 Å². The molecule has 0 bridgehead atoms. The molecule has 0 amide bonds. The van der Waals surface area contributed by atoms with E-state index in [2.05, 4.69) is 12.1 Å². The third-order valence-corrected chi connectivity index (χ3v) is 7.60. The van der Waals surface area contributed by atoms with Crippen LogP contribution in [0.15, 0.2) is 60.7 Å². The van der Waals surface area contributed by atoms with Crippen LogP contribution in [-0.2, 0) is 19.1 Å². The predicted octanol–water partition coefficient (Wildman–Crippen LogP) is 3.52. The fourth-order valence-electron chi connectivity index (χ4n) is 3.50. The maximum atomic E-state index is 12.6. The zero-order chi connectivity index (χ0) is 20.1. The van der Waals surface area contributed by atoms with Crippen LogP contribution in [0.1, 0.15) is 12.0 Å². The zero-order valence-corrected chi connectivity index (χ0v) is 18.2. The average Bonchev–Trinajstić information content (AvgIpc) is 3.13. The second-order valence-electron chi connectivity index (χ2n) is 6.59. The van der Waals surface area contributed by atoms with Crippen LogP contribution in [0.2, 0.25) is 10.3 Å². The summed E-state index contributed by atoms with van der Waals surface area (Å²) in [6.45, 7) is 0. The molecule has 2 aromatic carbocycles. The van der Waals surface area contributed by atoms with Gasteiger partial charge in [0.1, 0.15) is 0 Å². The standard InChI is InChI=1S/C22H21ClO4Se/c1-26-20(24)22(21(25)27-2)12-16(14-28-18-6-4-3-5-7-18)19(13-22)15-8-10-17(23)11-9-15/h3-11,13,16H,12,14H2,1-2H3. The van der Waals surface area contributed by atoms with Crippen molar-refractivity contribution in [3.8, 4) is 0 Å². The first kappa shape index (κ1) is 20.7. The maximum absolute atomic E-state index is 12.6. The second kappa shape index (κ2) is 8.95. The summed E-state index contributed by atoms with van der Waals surface area (Å²) in [6, 6.07) is 17.7. The molecular weight excluding hydrogens is 443 g/mol. The molecule has 0 N–H and O–H groups in total. The summed E-state index contributed by atoms with van der Waals surface area (Å²) in [7, 11) is 2.59. The van der Waals surface area contributed by atoms with Gasteiger partial charge in [0, 0.05) is 0 Å². The molecule has 1 atom stereocenters. The van der Waals surface area contributed by atoms with E-state index >= 15 is 0 Å². The number of carbonyl (C=O) groups is 2. The Labute approximate surface area is 176 Å². The summed E-state index contributed by atoms with van der Waals surface area (Å²) in [5, 5.41) is 1.50. The SMILES string of the molecule is COC(=O)C1(C(=O)OC)C=C(c2ccc(Cl)cc2)C(C[Se]c2ccccc2)C1. The summed E-state index contributed by atoms with van der Waals surface area (Å²) in [6.07, 6.45) is 2.08. The molecule has 1 unspecified atom stereocenters. The first-order valence-electron chi connectivity index (χ1n) is 8.83. The number of carbonyl (C=O) groups excluding carboxylic acids is 2. The minimum absolute atomic E-state index is 0.0413. The van der Waals surface area contributed by atoms with E-state index in [0.717, 1.165) is 16.5 Å². The van der Waals surface area contributed by atoms with Gasteiger partial charge in [0.05, 0.1) is 0 Å². The molecule has 6 heteroatoms. The molecule has 1 aliphatic rings. The Balaban J connectivity index is 1.97. The molecule has 4 nitrogen and oxygen atoms in total. The van der Waals surface area contributed by atoms with Crippen molar-refractivity contribution >= 4 is 48.5 Å². The first-order chi connectivity index (χ1) is 13.5. The van der Waals surface area contributed by atoms with Crippen LogP contribution in [0.4, 0.5) is 0 Å². The number of ether oxygens (including phenoxy) is 2. The average molecular weight is 464 g/mol. The van der Waals surface area contributed by atoms with Crippen LogP contribution in [0.3, 0.4) is 0 Å². The molecule has 0 fully saturated rings. The van der Waals surface area contributed by atoms with E-state index in [1.54, 1.807) is 6.08 Å². The quantitative estimate of drug-likeness (QED) is 0.374. The van der Waals surface area contributed by atoms with Crippen molar-refractivity contribution in [3.63, 3.8) is 0 Å². The Morgan fingerprint density at radius 1 is 1.04 bits per heavy atom. The Morgan fingerprint density at radius 3 is 2.21 bits per heavy atom. The second-order valence-corrected chi connectivity index (χ2v) is 9.32. The molecule has 0 aliphatic heterocycles. The molecule has 0 radical (unpaired) electrons. The van der Waals surface area contributed by atoms with E-state index in [0.29, 0.717) is 11.4 Å². The van der Waals surface area contributed by atoms with Gasteiger partial charge in [0.15, 0.2) is 0 Å². The number of hydrogen-bond acceptors (Lipinski definition) is 4. The Kier molecular flexibility index (Phi) is 6.61. The van der Waals surface area contributed by atoms with Gasteiger partial charge in [-0.2, -0.15) is 0 Å². The molecule has 2 aromatic rings. The van der Waals surface area contributed by atoms with Crippen molar-refractivity contribution in [2.45, 2.75) is 11.7 Å². The van der Waals surface area contributed by atoms with Crippen molar-refractivity contribution in [1.29, 1.82) is 0 Å². The van der Waals surface area contributed by atoms with Gasteiger partial charge in [-0.15, -0.1) is 0 Å². The molecular formula is C22H21ClO4Se. The van der Waals surface area contributed by atoms with Crippen LogP contribution in [0.25, 0.3) is 5.57 Å². The van der Waals surface area contributed by atoms with E-state index in [-0.39, 0.29) is 20.9 Å². The number of methoxy groups -OCH3 is 2. The van der Waals surface area contributed by atoms with Gasteiger partial charge in [-0.25, -0.2) is 0 Å². The normalized spacial score (nSPS) is 17.7. The summed E-state index contributed by atoms with van der Waals surface area (Å²) < 4.78 is 11.2. The third kappa shape index (κ3) is 4.17. The molecule has 28 heavy (non-hydrogen) atoms. The first-order valence-corrected chi connectivity index (χ1v) is 11.3. The van der Waals surface area contributed by atoms with Crippen LogP contribution in [0, 0.1) is 11.3 Å². The summed E-state index contributed by atoms with van der Waals surface area (Å²) in [5.74, 6) is -1.12. The van der Waals surface area contributed by atoms with Gasteiger partial charge in [0.25, 0.3) is 0 Å². The van der Waals surface area contributed by atoms with Gasteiger partial charge >= 0.3 is 176 Å². The van der Waals surface area contributed by atoms with Crippen LogP contribution in [-0.4, -0.2) is 41.1 Å². The molecule has 0 aromatic heterocycles. The van der Waals surface area contributed by atoms with Crippen molar-refractivity contribution < 1.29 is 19.1 Å². The Bertz CT molecular complexity index is 861. The van der Waals surface area contributed by atoms with Crippen LogP contribution in [0.5, 0.6) is 0 Å². The van der Waals surface area contributed by atoms with E-state index in [9.17, 15) is 9.59 Å². The predicted molar refractivity (Wildman–Crippen MR) is 111 cm³/mol. The fraction of sp³-hybridized carbons (Fsp3) is 0.273. The van der Waals surface area contributed by atoms with Gasteiger partial charge in [-0.05, 0) is 0 Å². The number of allylic oxidation sites excluding steroid dienone is 1. The fourth-order valence-corrected chi connectivity index (χ4v) is 5.81. The molecule has 0 saturated heterocycles. The monoisotopic (exact) mass is 464 g/mol. The molecule has 0 saturated carbocycles. The van der Waals surface area contributed by atoms with E-state index in [1.807, 2.05) is 42.5 Å². The van der Waals surface area contributed by atoms with Crippen LogP contribution >= 0.6 is 11.6 Å². The topological polar surface area (TPSA) is 52.6 Å². The molecule has 0 spiro atoms. The third-order valence-electron chi connectivity index (χ3n) is 4.88. The number of rotatable bonds is 6. The molecule has 3 rings (SSSR count). The van der Waals surface area contributed by atoms with E-state index in [4.69, 9.17) is 21.1 Å². The number of esters is 2. The van der Waals surface area contributed by atoms with Crippen molar-refractivity contribution in [2.24, 2.45) is 11.3 Å². The number of benzene rings is 2. The molecule has 146 valence electrons. The Morgan fingerprint density at radius 2 is 1.64 bits per heavy atom. The van der Waals surface area contributed by atoms with Crippen molar-refractivity contribution in [2.75, 3.05) is 14.2 Å². The van der Waals surface area contributed by atoms with E-state index in [1.165, 1.54) is 18.7 Å². The Hall–Kier alpha value is -2.07. The summed E-state index contributed by atoms with van der Waals surface area (Å²) in [4.78, 5) is 25.2. The van der Waals surface area contributed by atoms with Crippen molar-refractivity contribution in [3.05, 3.63) is 71.3 Å². The minimum atomic E-state index is -1.41. The van der Waals surface area contributed by atoms with Gasteiger partial charge in [0.2, 0.25) is 0 Å². The number of halogens is 1. The van der Waals surface area contributed by atoms with Gasteiger partial charge in [-0.3, -0.25) is 0 Å². The summed E-state index contributed by atoms with van der Waals surface area (Å²) in [5.41, 5.74) is 0.508. The van der Waals surface area contributed by atoms with E-state index < -0.39 is 17.4 Å². The summed E-state index contributed by atoms with van der Waals surface area (Å²) >= 11 is 6.24. The zero-order valence-electron chi connectivity index (χ0n) is 15.7. The van der Waals surface area contributed by atoms with Crippen LogP contribution < -0.4 is 4.46 Å². The molecule has 1 aliphatic carbocycles. The molecule has 0 heterocycles. The van der Waals surface area contributed by atoms with Crippen molar-refractivity contribution in [1.82, 2.24) is 0 Å². The van der Waals surface area contributed by atoms with Gasteiger partial charge < -0.3 is 0 Å².